The third-order valence-electron chi connectivity index (χ3n) is 11.7. The third kappa shape index (κ3) is 5.21. The molecule has 1 aliphatic rings. The molecule has 0 aliphatic carbocycles. The van der Waals surface area contributed by atoms with Gasteiger partial charge in [0.15, 0.2) is 7.28 Å². The quantitative estimate of drug-likeness (QED) is 0.168. The van der Waals surface area contributed by atoms with E-state index >= 15 is 0 Å². The molecule has 8 rings (SSSR count). The number of hydrogen-bond acceptors (Lipinski definition) is 0. The van der Waals surface area contributed by atoms with Crippen LogP contribution in [0, 0.1) is 13.8 Å². The zero-order valence-electron chi connectivity index (χ0n) is 33.4. The number of H-pyrrole nitrogens is 1. The molecule has 7 aromatic rings. The van der Waals surface area contributed by atoms with Crippen LogP contribution in [-0.2, 0) is 21.7 Å². The Hall–Kier alpha value is -4.24. The molecule has 1 aliphatic heterocycles. The maximum absolute atomic E-state index is 3.95. The smallest absolute Gasteiger partial charge is 0.197 e. The SMILES string of the molecule is Cc1cc2c(c(-c3cc(C(C)(C)C)cc4c3[nH]c3ccc(C(C)(C)C)cc34)c1C)[B]c1cc(C(C)(C)C)cc3c4cc(C(C)(C)C)ccc4n-2c13. The molecule has 0 bridgehead atoms. The van der Waals surface area contributed by atoms with Crippen molar-refractivity contribution in [3.8, 4) is 16.8 Å². The van der Waals surface area contributed by atoms with Crippen molar-refractivity contribution in [3.63, 3.8) is 0 Å². The minimum atomic E-state index is -0.0164. The summed E-state index contributed by atoms with van der Waals surface area (Å²) in [5.41, 5.74) is 19.8. The predicted octanol–water partition coefficient (Wildman–Crippen LogP) is 11.9. The van der Waals surface area contributed by atoms with E-state index in [4.69, 9.17) is 0 Å². The standard InChI is InChI=1S/C48H54BN2/c1-26-19-40-42(49-37-25-31(48(12,13)14)23-35-33-21-29(46(6,7)8)16-18-39(33)51(40)44(35)37)41(27(26)2)36-24-30(47(9,10)11)22-34-32-20-28(45(3,4)5)15-17-38(32)50-43(34)36/h15-25,50H,1-14H3. The summed E-state index contributed by atoms with van der Waals surface area (Å²) in [7, 11) is 2.51. The lowest BCUT2D eigenvalue weighted by Gasteiger charge is -2.28. The summed E-state index contributed by atoms with van der Waals surface area (Å²) < 4.78 is 2.58. The number of rotatable bonds is 1. The molecule has 2 nitrogen and oxygen atoms in total. The van der Waals surface area contributed by atoms with Crippen LogP contribution in [0.3, 0.4) is 0 Å². The van der Waals surface area contributed by atoms with Gasteiger partial charge < -0.3 is 9.55 Å². The number of hydrogen-bond donors (Lipinski definition) is 1. The lowest BCUT2D eigenvalue weighted by molar-refractivity contribution is 0.590. The van der Waals surface area contributed by atoms with Crippen LogP contribution in [-0.4, -0.2) is 16.8 Å². The highest BCUT2D eigenvalue weighted by atomic mass is 15.0. The molecular weight excluding hydrogens is 615 g/mol. The van der Waals surface area contributed by atoms with Crippen LogP contribution in [0.1, 0.15) is 116 Å². The first-order valence-corrected chi connectivity index (χ1v) is 18.9. The van der Waals surface area contributed by atoms with Crippen LogP contribution >= 0.6 is 0 Å². The van der Waals surface area contributed by atoms with E-state index in [9.17, 15) is 0 Å². The van der Waals surface area contributed by atoms with Crippen LogP contribution in [0.2, 0.25) is 0 Å². The molecule has 3 heteroatoms. The number of benzene rings is 5. The molecule has 0 saturated heterocycles. The highest BCUT2D eigenvalue weighted by molar-refractivity contribution is 6.73. The van der Waals surface area contributed by atoms with E-state index in [1.807, 2.05) is 0 Å². The lowest BCUT2D eigenvalue weighted by atomic mass is 9.57. The molecule has 5 aromatic carbocycles. The minimum absolute atomic E-state index is 0.0164. The maximum Gasteiger partial charge on any atom is 0.197 e. The van der Waals surface area contributed by atoms with Gasteiger partial charge in [-0.2, -0.15) is 0 Å². The van der Waals surface area contributed by atoms with Crippen LogP contribution in [0.5, 0.6) is 0 Å². The Morgan fingerprint density at radius 1 is 0.549 bits per heavy atom. The molecule has 259 valence electrons. The van der Waals surface area contributed by atoms with Crippen molar-refractivity contribution < 1.29 is 0 Å². The predicted molar refractivity (Wildman–Crippen MR) is 225 cm³/mol. The fraction of sp³-hybridized carbons (Fsp3) is 0.375. The van der Waals surface area contributed by atoms with E-state index in [1.165, 1.54) is 105 Å². The average molecular weight is 670 g/mol. The van der Waals surface area contributed by atoms with E-state index in [-0.39, 0.29) is 21.7 Å². The van der Waals surface area contributed by atoms with Crippen LogP contribution < -0.4 is 10.9 Å². The average Bonchev–Trinajstić information content (AvgIpc) is 3.56. The summed E-state index contributed by atoms with van der Waals surface area (Å²) in [5.74, 6) is 0. The number of fused-ring (bicyclic) bond motifs is 8. The van der Waals surface area contributed by atoms with Gasteiger partial charge in [0.1, 0.15) is 0 Å². The van der Waals surface area contributed by atoms with Gasteiger partial charge in [0.25, 0.3) is 0 Å². The van der Waals surface area contributed by atoms with Crippen molar-refractivity contribution in [1.82, 2.24) is 9.55 Å². The molecule has 1 N–H and O–H groups in total. The fourth-order valence-corrected chi connectivity index (χ4v) is 8.29. The van der Waals surface area contributed by atoms with Gasteiger partial charge in [-0.05, 0) is 128 Å². The fourth-order valence-electron chi connectivity index (χ4n) is 8.29. The summed E-state index contributed by atoms with van der Waals surface area (Å²) in [6.45, 7) is 32.6. The number of aryl methyl sites for hydroxylation is 1. The van der Waals surface area contributed by atoms with Crippen molar-refractivity contribution in [2.24, 2.45) is 0 Å². The highest BCUT2D eigenvalue weighted by Crippen LogP contribution is 2.43. The van der Waals surface area contributed by atoms with Crippen LogP contribution in [0.15, 0.2) is 66.7 Å². The first-order valence-electron chi connectivity index (χ1n) is 18.9. The van der Waals surface area contributed by atoms with Gasteiger partial charge in [-0.25, -0.2) is 0 Å². The molecule has 0 spiro atoms. The molecule has 1 radical (unpaired) electrons. The Morgan fingerprint density at radius 3 is 1.73 bits per heavy atom. The second-order valence-corrected chi connectivity index (χ2v) is 19.6. The normalized spacial score (nSPS) is 13.8. The van der Waals surface area contributed by atoms with Crippen molar-refractivity contribution in [1.29, 1.82) is 0 Å². The van der Waals surface area contributed by atoms with Gasteiger partial charge in [-0.3, -0.25) is 0 Å². The van der Waals surface area contributed by atoms with Gasteiger partial charge in [0, 0.05) is 43.8 Å². The maximum atomic E-state index is 3.95. The molecule has 51 heavy (non-hydrogen) atoms. The molecule has 0 saturated carbocycles. The molecule has 0 fully saturated rings. The largest absolute Gasteiger partial charge is 0.354 e. The number of aromatic amines is 1. The lowest BCUT2D eigenvalue weighted by Crippen LogP contribution is -2.38. The molecular formula is C48H54BN2. The van der Waals surface area contributed by atoms with Crippen molar-refractivity contribution >= 4 is 61.8 Å². The zero-order chi connectivity index (χ0) is 36.7. The van der Waals surface area contributed by atoms with Gasteiger partial charge in [0.2, 0.25) is 0 Å². The molecule has 0 atom stereocenters. The van der Waals surface area contributed by atoms with Crippen molar-refractivity contribution in [3.05, 3.63) is 100 Å². The monoisotopic (exact) mass is 669 g/mol. The Kier molecular flexibility index (Phi) is 7.08. The Labute approximate surface area is 305 Å². The second-order valence-electron chi connectivity index (χ2n) is 19.6. The molecule has 0 unspecified atom stereocenters. The third-order valence-corrected chi connectivity index (χ3v) is 11.7. The van der Waals surface area contributed by atoms with E-state index in [1.54, 1.807) is 0 Å². The Bertz CT molecular complexity index is 2590. The number of aromatic nitrogens is 2. The van der Waals surface area contributed by atoms with Gasteiger partial charge in [0.05, 0.1) is 11.0 Å². The van der Waals surface area contributed by atoms with Gasteiger partial charge in [-0.15, -0.1) is 0 Å². The summed E-state index contributed by atoms with van der Waals surface area (Å²) in [6, 6.07) is 26.5. The molecule has 0 amide bonds. The van der Waals surface area contributed by atoms with E-state index < -0.39 is 0 Å². The summed E-state index contributed by atoms with van der Waals surface area (Å²) in [4.78, 5) is 3.95. The molecule has 3 heterocycles. The summed E-state index contributed by atoms with van der Waals surface area (Å²) >= 11 is 0. The van der Waals surface area contributed by atoms with E-state index in [2.05, 4.69) is 180 Å². The van der Waals surface area contributed by atoms with Crippen LogP contribution in [0.25, 0.3) is 60.4 Å². The first kappa shape index (κ1) is 33.9. The molecule has 2 aromatic heterocycles. The van der Waals surface area contributed by atoms with Crippen molar-refractivity contribution in [2.45, 2.75) is 119 Å². The summed E-state index contributed by atoms with van der Waals surface area (Å²) in [5, 5.41) is 5.31. The first-order chi connectivity index (χ1) is 23.6. The number of nitrogens with one attached hydrogen (secondary N) is 1. The van der Waals surface area contributed by atoms with E-state index in [0.717, 1.165) is 0 Å². The number of nitrogens with zero attached hydrogens (tertiary/aromatic N) is 1. The van der Waals surface area contributed by atoms with Gasteiger partial charge in [-0.1, -0.05) is 107 Å². The Morgan fingerprint density at radius 2 is 1.10 bits per heavy atom. The highest BCUT2D eigenvalue weighted by Gasteiger charge is 2.31. The van der Waals surface area contributed by atoms with Gasteiger partial charge >= 0.3 is 0 Å². The minimum Gasteiger partial charge on any atom is -0.354 e. The summed E-state index contributed by atoms with van der Waals surface area (Å²) in [6.07, 6.45) is 0. The topological polar surface area (TPSA) is 20.7 Å². The van der Waals surface area contributed by atoms with Crippen molar-refractivity contribution in [2.75, 3.05) is 0 Å². The Balaban J connectivity index is 1.51. The van der Waals surface area contributed by atoms with Crippen LogP contribution in [0.4, 0.5) is 0 Å². The zero-order valence-corrected chi connectivity index (χ0v) is 33.4. The second kappa shape index (κ2) is 10.7. The van der Waals surface area contributed by atoms with E-state index in [0.29, 0.717) is 0 Å².